The van der Waals surface area contributed by atoms with Gasteiger partial charge in [-0.1, -0.05) is 5.10 Å². The fourth-order valence-corrected chi connectivity index (χ4v) is 2.17. The van der Waals surface area contributed by atoms with E-state index in [2.05, 4.69) is 31.2 Å². The molecule has 2 aromatic rings. The van der Waals surface area contributed by atoms with Gasteiger partial charge in [0.25, 0.3) is 0 Å². The molecule has 0 saturated carbocycles. The van der Waals surface area contributed by atoms with Gasteiger partial charge in [-0.2, -0.15) is 0 Å². The Morgan fingerprint density at radius 1 is 1.44 bits per heavy atom. The quantitative estimate of drug-likeness (QED) is 0.830. The summed E-state index contributed by atoms with van der Waals surface area (Å²) in [5.41, 5.74) is 1.07. The minimum Gasteiger partial charge on any atom is -0.406 e. The van der Waals surface area contributed by atoms with Crippen LogP contribution in [-0.4, -0.2) is 28.8 Å². The van der Waals surface area contributed by atoms with Crippen LogP contribution in [-0.2, 0) is 6.42 Å². The highest BCUT2D eigenvalue weighted by Gasteiger charge is 2.11. The Kier molecular flexibility index (Phi) is 4.27. The molecule has 2 rings (SSSR count). The van der Waals surface area contributed by atoms with Crippen LogP contribution in [0.2, 0.25) is 0 Å². The van der Waals surface area contributed by atoms with Crippen molar-refractivity contribution in [1.29, 1.82) is 0 Å². The Balaban J connectivity index is 1.81. The van der Waals surface area contributed by atoms with E-state index in [0.717, 1.165) is 23.7 Å². The third-order valence-electron chi connectivity index (χ3n) is 2.53. The molecule has 0 radical (unpaired) electrons. The molecule has 0 aliphatic heterocycles. The molecule has 2 N–H and O–H groups in total. The first kappa shape index (κ1) is 13.0. The Morgan fingerprint density at radius 2 is 2.28 bits per heavy atom. The van der Waals surface area contributed by atoms with Gasteiger partial charge in [-0.05, 0) is 20.9 Å². The second-order valence-electron chi connectivity index (χ2n) is 4.02. The first-order chi connectivity index (χ1) is 8.69. The van der Waals surface area contributed by atoms with Gasteiger partial charge in [-0.15, -0.1) is 16.4 Å². The predicted octanol–water partition coefficient (Wildman–Crippen LogP) is 1.77. The van der Waals surface area contributed by atoms with E-state index in [4.69, 9.17) is 4.42 Å². The van der Waals surface area contributed by atoms with Crippen LogP contribution >= 0.6 is 11.3 Å². The van der Waals surface area contributed by atoms with Crippen molar-refractivity contribution >= 4 is 17.4 Å². The molecular weight excluding hydrogens is 250 g/mol. The highest BCUT2D eigenvalue weighted by molar-refractivity contribution is 7.09. The first-order valence-electron chi connectivity index (χ1n) is 5.84. The summed E-state index contributed by atoms with van der Waals surface area (Å²) < 4.78 is 5.47. The van der Waals surface area contributed by atoms with Gasteiger partial charge < -0.3 is 15.1 Å². The van der Waals surface area contributed by atoms with Crippen LogP contribution < -0.4 is 10.6 Å². The fraction of sp³-hybridized carbons (Fsp3) is 0.545. The molecule has 0 spiro atoms. The standard InChI is InChI=1S/C11H17N5OS/c1-7-6-18-9(14-7)4-5-13-11-16-15-10(17-11)8(2)12-3/h6,8,12H,4-5H2,1-3H3,(H,13,16). The number of rotatable bonds is 6. The van der Waals surface area contributed by atoms with Crippen LogP contribution in [0.1, 0.15) is 29.6 Å². The third kappa shape index (κ3) is 3.27. The molecule has 1 unspecified atom stereocenters. The van der Waals surface area contributed by atoms with Gasteiger partial charge in [0, 0.05) is 24.0 Å². The van der Waals surface area contributed by atoms with Gasteiger partial charge in [0.2, 0.25) is 5.89 Å². The van der Waals surface area contributed by atoms with Gasteiger partial charge in [0.15, 0.2) is 0 Å². The Bertz CT molecular complexity index is 495. The van der Waals surface area contributed by atoms with Gasteiger partial charge in [-0.25, -0.2) is 4.98 Å². The number of hydrogen-bond acceptors (Lipinski definition) is 7. The zero-order valence-corrected chi connectivity index (χ0v) is 11.5. The number of aromatic nitrogens is 3. The smallest absolute Gasteiger partial charge is 0.315 e. The molecule has 2 heterocycles. The zero-order valence-electron chi connectivity index (χ0n) is 10.7. The second kappa shape index (κ2) is 5.92. The van der Waals surface area contributed by atoms with Crippen molar-refractivity contribution < 1.29 is 4.42 Å². The number of anilines is 1. The summed E-state index contributed by atoms with van der Waals surface area (Å²) in [6.45, 7) is 4.70. The molecule has 0 aliphatic carbocycles. The van der Waals surface area contributed by atoms with Gasteiger partial charge >= 0.3 is 6.01 Å². The average molecular weight is 267 g/mol. The molecule has 98 valence electrons. The van der Waals surface area contributed by atoms with Crippen molar-refractivity contribution in [3.63, 3.8) is 0 Å². The van der Waals surface area contributed by atoms with Crippen LogP contribution in [0.5, 0.6) is 0 Å². The Morgan fingerprint density at radius 3 is 2.94 bits per heavy atom. The summed E-state index contributed by atoms with van der Waals surface area (Å²) >= 11 is 1.67. The summed E-state index contributed by atoms with van der Waals surface area (Å²) in [5.74, 6) is 0.588. The molecule has 7 heteroatoms. The largest absolute Gasteiger partial charge is 0.406 e. The van der Waals surface area contributed by atoms with Crippen LogP contribution in [0.3, 0.4) is 0 Å². The summed E-state index contributed by atoms with van der Waals surface area (Å²) in [4.78, 5) is 4.39. The van der Waals surface area contributed by atoms with E-state index in [9.17, 15) is 0 Å². The Labute approximate surface area is 110 Å². The number of hydrogen-bond donors (Lipinski definition) is 2. The molecular formula is C11H17N5OS. The third-order valence-corrected chi connectivity index (χ3v) is 3.55. The summed E-state index contributed by atoms with van der Waals surface area (Å²) in [7, 11) is 1.85. The van der Waals surface area contributed by atoms with Crippen LogP contribution in [0.4, 0.5) is 6.01 Å². The lowest BCUT2D eigenvalue weighted by Gasteiger charge is -2.02. The molecule has 0 aromatic carbocycles. The number of nitrogens with zero attached hydrogens (tertiary/aromatic N) is 3. The number of thiazole rings is 1. The molecule has 18 heavy (non-hydrogen) atoms. The topological polar surface area (TPSA) is 75.9 Å². The molecule has 2 aromatic heterocycles. The Hall–Kier alpha value is -1.47. The van der Waals surface area contributed by atoms with Crippen molar-refractivity contribution in [2.24, 2.45) is 0 Å². The van der Waals surface area contributed by atoms with Crippen molar-refractivity contribution in [3.8, 4) is 0 Å². The maximum atomic E-state index is 5.47. The average Bonchev–Trinajstić information content (AvgIpc) is 2.98. The summed E-state index contributed by atoms with van der Waals surface area (Å²) in [6, 6.07) is 0.523. The molecule has 0 amide bonds. The maximum absolute atomic E-state index is 5.47. The van der Waals surface area contributed by atoms with Crippen molar-refractivity contribution in [1.82, 2.24) is 20.5 Å². The van der Waals surface area contributed by atoms with E-state index >= 15 is 0 Å². The van der Waals surface area contributed by atoms with E-state index in [1.54, 1.807) is 11.3 Å². The minimum atomic E-state index is 0.0645. The SMILES string of the molecule is CNC(C)c1nnc(NCCc2nc(C)cs2)o1. The lowest BCUT2D eigenvalue weighted by atomic mass is 10.3. The monoisotopic (exact) mass is 267 g/mol. The van der Waals surface area contributed by atoms with Crippen LogP contribution in [0.25, 0.3) is 0 Å². The normalized spacial score (nSPS) is 12.6. The highest BCUT2D eigenvalue weighted by atomic mass is 32.1. The molecule has 0 aliphatic rings. The highest BCUT2D eigenvalue weighted by Crippen LogP contribution is 2.13. The predicted molar refractivity (Wildman–Crippen MR) is 70.8 cm³/mol. The molecule has 1 atom stereocenters. The van der Waals surface area contributed by atoms with Crippen LogP contribution in [0.15, 0.2) is 9.80 Å². The van der Waals surface area contributed by atoms with E-state index < -0.39 is 0 Å². The first-order valence-corrected chi connectivity index (χ1v) is 6.72. The second-order valence-corrected chi connectivity index (χ2v) is 4.96. The molecule has 6 nitrogen and oxygen atoms in total. The molecule has 0 fully saturated rings. The number of nitrogens with one attached hydrogen (secondary N) is 2. The van der Waals surface area contributed by atoms with E-state index in [1.165, 1.54) is 0 Å². The van der Waals surface area contributed by atoms with Gasteiger partial charge in [0.05, 0.1) is 11.0 Å². The maximum Gasteiger partial charge on any atom is 0.315 e. The number of aryl methyl sites for hydroxylation is 1. The van der Waals surface area contributed by atoms with Gasteiger partial charge in [-0.3, -0.25) is 0 Å². The fourth-order valence-electron chi connectivity index (χ4n) is 1.40. The van der Waals surface area contributed by atoms with E-state index in [0.29, 0.717) is 11.9 Å². The van der Waals surface area contributed by atoms with E-state index in [-0.39, 0.29) is 6.04 Å². The molecule has 0 bridgehead atoms. The lowest BCUT2D eigenvalue weighted by molar-refractivity contribution is 0.441. The van der Waals surface area contributed by atoms with Gasteiger partial charge in [0.1, 0.15) is 0 Å². The summed E-state index contributed by atoms with van der Waals surface area (Å²) in [5, 5.41) is 17.2. The van der Waals surface area contributed by atoms with Crippen molar-refractivity contribution in [2.75, 3.05) is 18.9 Å². The zero-order chi connectivity index (χ0) is 13.0. The van der Waals surface area contributed by atoms with Crippen molar-refractivity contribution in [3.05, 3.63) is 22.0 Å². The van der Waals surface area contributed by atoms with Crippen molar-refractivity contribution in [2.45, 2.75) is 26.3 Å². The lowest BCUT2D eigenvalue weighted by Crippen LogP contribution is -2.12. The van der Waals surface area contributed by atoms with E-state index in [1.807, 2.05) is 20.9 Å². The minimum absolute atomic E-state index is 0.0645. The molecule has 0 saturated heterocycles. The summed E-state index contributed by atoms with van der Waals surface area (Å²) in [6.07, 6.45) is 0.859. The van der Waals surface area contributed by atoms with Crippen LogP contribution in [0, 0.1) is 6.92 Å².